The number of allylic oxidation sites excluding steroid dienone is 1. The molecule has 0 aliphatic carbocycles. The lowest BCUT2D eigenvalue weighted by Crippen LogP contribution is -2.45. The van der Waals surface area contributed by atoms with Gasteiger partial charge in [-0.15, -0.1) is 0 Å². The van der Waals surface area contributed by atoms with Crippen molar-refractivity contribution >= 4 is 12.0 Å². The molecule has 6 heteroatoms. The summed E-state index contributed by atoms with van der Waals surface area (Å²) in [6, 6.07) is 2.70. The minimum Gasteiger partial charge on any atom is -0.507 e. The first-order valence-corrected chi connectivity index (χ1v) is 10.00. The van der Waals surface area contributed by atoms with Crippen molar-refractivity contribution in [2.75, 3.05) is 0 Å². The van der Waals surface area contributed by atoms with Crippen LogP contribution in [-0.4, -0.2) is 23.2 Å². The summed E-state index contributed by atoms with van der Waals surface area (Å²) >= 11 is 0. The highest BCUT2D eigenvalue weighted by atomic mass is 16.5. The number of nitrogens with one attached hydrogen (secondary N) is 2. The first-order valence-electron chi connectivity index (χ1n) is 10.00. The van der Waals surface area contributed by atoms with Gasteiger partial charge in [0.25, 0.3) is 0 Å². The van der Waals surface area contributed by atoms with Gasteiger partial charge in [-0.05, 0) is 60.4 Å². The Morgan fingerprint density at radius 1 is 1.07 bits per heavy atom. The van der Waals surface area contributed by atoms with E-state index in [1.807, 2.05) is 53.7 Å². The number of phenolic OH excluding ortho intramolecular Hbond substituents is 1. The van der Waals surface area contributed by atoms with Crippen LogP contribution in [0.3, 0.4) is 0 Å². The number of amides is 2. The second-order valence-corrected chi connectivity index (χ2v) is 9.99. The van der Waals surface area contributed by atoms with Gasteiger partial charge in [0.15, 0.2) is 0 Å². The number of carbonyl (C=O) groups excluding carboxylic acids is 2. The minimum atomic E-state index is -0.669. The van der Waals surface area contributed by atoms with Crippen LogP contribution < -0.4 is 10.6 Å². The Bertz CT molecular complexity index is 820. The van der Waals surface area contributed by atoms with Gasteiger partial charge in [-0.2, -0.15) is 0 Å². The smallest absolute Gasteiger partial charge is 0.338 e. The Kier molecular flexibility index (Phi) is 6.07. The number of phenols is 1. The van der Waals surface area contributed by atoms with Crippen LogP contribution in [0.2, 0.25) is 0 Å². The third kappa shape index (κ3) is 4.92. The molecule has 0 fully saturated rings. The molecule has 1 atom stereocenters. The summed E-state index contributed by atoms with van der Waals surface area (Å²) in [6.45, 7) is 17.4. The Hall–Kier alpha value is -2.50. The predicted octanol–water partition coefficient (Wildman–Crippen LogP) is 4.57. The van der Waals surface area contributed by atoms with Crippen LogP contribution >= 0.6 is 0 Å². The molecule has 0 radical (unpaired) electrons. The van der Waals surface area contributed by atoms with Crippen molar-refractivity contribution in [3.8, 4) is 5.75 Å². The largest absolute Gasteiger partial charge is 0.507 e. The quantitative estimate of drug-likeness (QED) is 0.647. The Labute approximate surface area is 173 Å². The molecule has 1 aromatic rings. The zero-order chi connectivity index (χ0) is 22.3. The van der Waals surface area contributed by atoms with E-state index < -0.39 is 12.0 Å². The number of hydrogen-bond donors (Lipinski definition) is 3. The number of esters is 1. The molecule has 1 aliphatic heterocycles. The molecule has 0 spiro atoms. The lowest BCUT2D eigenvalue weighted by Gasteiger charge is -2.32. The molecule has 2 rings (SSSR count). The number of hydrogen-bond acceptors (Lipinski definition) is 4. The fourth-order valence-corrected chi connectivity index (χ4v) is 3.46. The van der Waals surface area contributed by atoms with E-state index in [0.29, 0.717) is 11.3 Å². The van der Waals surface area contributed by atoms with Gasteiger partial charge < -0.3 is 20.5 Å². The average molecular weight is 403 g/mol. The maximum Gasteiger partial charge on any atom is 0.338 e. The second-order valence-electron chi connectivity index (χ2n) is 9.99. The summed E-state index contributed by atoms with van der Waals surface area (Å²) in [6.07, 6.45) is -0.281. The standard InChI is InChI=1S/C23H34N2O4/c1-12(2)29-20(27)17-13(3)24-21(28)25-18(17)14-10-15(22(4,5)6)19(26)16(11-14)23(7,8)9/h10-12,18,26H,1-9H3,(H2,24,25,28). The van der Waals surface area contributed by atoms with Gasteiger partial charge in [-0.1, -0.05) is 41.5 Å². The minimum absolute atomic E-state index is 0.251. The highest BCUT2D eigenvalue weighted by Gasteiger charge is 2.35. The van der Waals surface area contributed by atoms with Crippen molar-refractivity contribution in [2.45, 2.75) is 85.3 Å². The van der Waals surface area contributed by atoms with Crippen LogP contribution in [0.1, 0.15) is 85.0 Å². The maximum atomic E-state index is 12.8. The van der Waals surface area contributed by atoms with Gasteiger partial charge in [0.05, 0.1) is 17.7 Å². The Balaban J connectivity index is 2.74. The topological polar surface area (TPSA) is 87.7 Å². The molecule has 160 valence electrons. The third-order valence-electron chi connectivity index (χ3n) is 4.91. The van der Waals surface area contributed by atoms with Crippen molar-refractivity contribution in [1.82, 2.24) is 10.6 Å². The van der Waals surface area contributed by atoms with Crippen LogP contribution in [-0.2, 0) is 20.4 Å². The fourth-order valence-electron chi connectivity index (χ4n) is 3.46. The van der Waals surface area contributed by atoms with Crippen LogP contribution in [0.25, 0.3) is 0 Å². The van der Waals surface area contributed by atoms with E-state index in [2.05, 4.69) is 10.6 Å². The molecule has 2 amide bonds. The van der Waals surface area contributed by atoms with E-state index in [1.54, 1.807) is 20.8 Å². The second kappa shape index (κ2) is 7.73. The lowest BCUT2D eigenvalue weighted by atomic mass is 9.77. The Morgan fingerprint density at radius 3 is 1.97 bits per heavy atom. The Morgan fingerprint density at radius 2 is 1.55 bits per heavy atom. The molecule has 29 heavy (non-hydrogen) atoms. The maximum absolute atomic E-state index is 12.8. The van der Waals surface area contributed by atoms with E-state index >= 15 is 0 Å². The highest BCUT2D eigenvalue weighted by Crippen LogP contribution is 2.42. The normalized spacial score (nSPS) is 17.9. The van der Waals surface area contributed by atoms with Crippen molar-refractivity contribution in [2.24, 2.45) is 0 Å². The molecule has 0 aromatic heterocycles. The molecule has 3 N–H and O–H groups in total. The predicted molar refractivity (Wildman–Crippen MR) is 114 cm³/mol. The van der Waals surface area contributed by atoms with Crippen molar-refractivity contribution in [3.05, 3.63) is 40.1 Å². The van der Waals surface area contributed by atoms with Crippen LogP contribution in [0.5, 0.6) is 5.75 Å². The zero-order valence-electron chi connectivity index (χ0n) is 19.0. The molecular weight excluding hydrogens is 368 g/mol. The first kappa shape index (κ1) is 22.8. The van der Waals surface area contributed by atoms with Gasteiger partial charge in [0.2, 0.25) is 0 Å². The van der Waals surface area contributed by atoms with Gasteiger partial charge >= 0.3 is 12.0 Å². The van der Waals surface area contributed by atoms with E-state index in [4.69, 9.17) is 4.74 Å². The summed E-state index contributed by atoms with van der Waals surface area (Å²) < 4.78 is 5.43. The molecule has 6 nitrogen and oxygen atoms in total. The molecule has 1 heterocycles. The van der Waals surface area contributed by atoms with Crippen LogP contribution in [0, 0.1) is 0 Å². The van der Waals surface area contributed by atoms with Crippen LogP contribution in [0.15, 0.2) is 23.4 Å². The molecule has 1 aromatic carbocycles. The average Bonchev–Trinajstić information content (AvgIpc) is 2.51. The van der Waals surface area contributed by atoms with Gasteiger partial charge in [0, 0.05) is 5.70 Å². The van der Waals surface area contributed by atoms with Gasteiger partial charge in [-0.3, -0.25) is 0 Å². The van der Waals surface area contributed by atoms with E-state index in [-0.39, 0.29) is 28.7 Å². The van der Waals surface area contributed by atoms with Crippen molar-refractivity contribution in [3.63, 3.8) is 0 Å². The fraction of sp³-hybridized carbons (Fsp3) is 0.565. The SMILES string of the molecule is CC1=C(C(=O)OC(C)C)C(c2cc(C(C)(C)C)c(O)c(C(C)(C)C)c2)NC(=O)N1. The summed E-state index contributed by atoms with van der Waals surface area (Å²) in [5, 5.41) is 16.5. The summed E-state index contributed by atoms with van der Waals surface area (Å²) in [7, 11) is 0. The van der Waals surface area contributed by atoms with Crippen LogP contribution in [0.4, 0.5) is 4.79 Å². The number of ether oxygens (including phenoxy) is 1. The van der Waals surface area contributed by atoms with E-state index in [1.165, 1.54) is 0 Å². The van der Waals surface area contributed by atoms with Gasteiger partial charge in [-0.25, -0.2) is 9.59 Å². The lowest BCUT2D eigenvalue weighted by molar-refractivity contribution is -0.143. The van der Waals surface area contributed by atoms with Crippen molar-refractivity contribution in [1.29, 1.82) is 0 Å². The number of rotatable bonds is 3. The molecule has 1 unspecified atom stereocenters. The molecule has 1 aliphatic rings. The molecular formula is C23H34N2O4. The number of carbonyl (C=O) groups is 2. The molecule has 0 saturated carbocycles. The zero-order valence-corrected chi connectivity index (χ0v) is 19.0. The summed E-state index contributed by atoms with van der Waals surface area (Å²) in [5.74, 6) is -0.223. The molecule has 0 saturated heterocycles. The summed E-state index contributed by atoms with van der Waals surface area (Å²) in [4.78, 5) is 25.0. The van der Waals surface area contributed by atoms with E-state index in [9.17, 15) is 14.7 Å². The number of aromatic hydroxyl groups is 1. The first-order chi connectivity index (χ1) is 13.1. The third-order valence-corrected chi connectivity index (χ3v) is 4.91. The number of benzene rings is 1. The molecule has 0 bridgehead atoms. The highest BCUT2D eigenvalue weighted by molar-refractivity contribution is 5.95. The van der Waals surface area contributed by atoms with Crippen molar-refractivity contribution < 1.29 is 19.4 Å². The summed E-state index contributed by atoms with van der Waals surface area (Å²) in [5.41, 5.74) is 2.45. The number of urea groups is 1. The van der Waals surface area contributed by atoms with Gasteiger partial charge in [0.1, 0.15) is 5.75 Å². The van der Waals surface area contributed by atoms with E-state index in [0.717, 1.165) is 16.7 Å². The monoisotopic (exact) mass is 402 g/mol.